The van der Waals surface area contributed by atoms with Gasteiger partial charge in [0.2, 0.25) is 0 Å². The Morgan fingerprint density at radius 3 is 2.44 bits per heavy atom. The summed E-state index contributed by atoms with van der Waals surface area (Å²) in [5.74, 6) is 0.0200. The number of esters is 1. The predicted octanol–water partition coefficient (Wildman–Crippen LogP) is 6.61. The summed E-state index contributed by atoms with van der Waals surface area (Å²) in [5, 5.41) is 9.36. The third kappa shape index (κ3) is 7.82. The van der Waals surface area contributed by atoms with E-state index in [1.165, 1.54) is 24.5 Å². The fourth-order valence-electron chi connectivity index (χ4n) is 5.82. The smallest absolute Gasteiger partial charge is 0.338 e. The molecule has 2 heterocycles. The number of carboxylic acids is 1. The maximum Gasteiger partial charge on any atom is 0.338 e. The van der Waals surface area contributed by atoms with Crippen LogP contribution < -0.4 is 29.1 Å². The van der Waals surface area contributed by atoms with E-state index in [1.807, 2.05) is 74.5 Å². The highest BCUT2D eigenvalue weighted by Gasteiger charge is 2.35. The molecule has 266 valence electrons. The lowest BCUT2D eigenvalue weighted by Crippen LogP contribution is -2.40. The largest absolute Gasteiger partial charge is 0.493 e. The summed E-state index contributed by atoms with van der Waals surface area (Å²) in [7, 11) is 1.53. The van der Waals surface area contributed by atoms with Crippen LogP contribution in [-0.4, -0.2) is 41.4 Å². The highest BCUT2D eigenvalue weighted by Crippen LogP contribution is 2.37. The average Bonchev–Trinajstić information content (AvgIpc) is 3.44. The normalized spacial score (nSPS) is 14.1. The molecule has 52 heavy (non-hydrogen) atoms. The maximum absolute atomic E-state index is 14.4. The molecule has 0 bridgehead atoms. The molecule has 0 amide bonds. The molecule has 0 spiro atoms. The first-order chi connectivity index (χ1) is 25.1. The van der Waals surface area contributed by atoms with Gasteiger partial charge in [0, 0.05) is 5.56 Å². The number of methoxy groups -OCH3 is 1. The molecule has 1 N–H and O–H groups in total. The Labute approximate surface area is 317 Å². The van der Waals surface area contributed by atoms with Gasteiger partial charge in [-0.25, -0.2) is 14.6 Å². The van der Waals surface area contributed by atoms with Gasteiger partial charge in [-0.1, -0.05) is 65.9 Å². The molecule has 0 saturated heterocycles. The van der Waals surface area contributed by atoms with Crippen LogP contribution in [0.5, 0.6) is 17.2 Å². The van der Waals surface area contributed by atoms with Crippen LogP contribution in [0.2, 0.25) is 0 Å². The summed E-state index contributed by atoms with van der Waals surface area (Å²) < 4.78 is 25.9. The fourth-order valence-corrected chi connectivity index (χ4v) is 7.60. The van der Waals surface area contributed by atoms with Crippen molar-refractivity contribution in [2.75, 3.05) is 13.7 Å². The van der Waals surface area contributed by atoms with Crippen LogP contribution in [0.1, 0.15) is 59.4 Å². The number of carbonyl (C=O) groups excluding carboxylic acids is 1. The van der Waals surface area contributed by atoms with E-state index in [0.717, 1.165) is 9.13 Å². The fraction of sp³-hybridized carbons (Fsp3) is 0.200. The number of hydrogen-bond acceptors (Lipinski definition) is 9. The van der Waals surface area contributed by atoms with E-state index >= 15 is 0 Å². The number of ether oxygens (including phenoxy) is 4. The van der Waals surface area contributed by atoms with Gasteiger partial charge in [0.25, 0.3) is 5.56 Å². The number of aromatic carboxylic acids is 1. The number of halogens is 1. The van der Waals surface area contributed by atoms with E-state index < -0.39 is 18.0 Å². The second-order valence-electron chi connectivity index (χ2n) is 12.0. The zero-order valence-corrected chi connectivity index (χ0v) is 31.8. The van der Waals surface area contributed by atoms with Gasteiger partial charge in [-0.05, 0) is 103 Å². The third-order valence-corrected chi connectivity index (χ3v) is 9.83. The number of hydrogen-bond donors (Lipinski definition) is 1. The molecule has 1 aliphatic heterocycles. The van der Waals surface area contributed by atoms with Gasteiger partial charge >= 0.3 is 11.9 Å². The number of fused-ring (bicyclic) bond motifs is 1. The Kier molecular flexibility index (Phi) is 11.2. The van der Waals surface area contributed by atoms with E-state index in [1.54, 1.807) is 41.8 Å². The van der Waals surface area contributed by atoms with Crippen molar-refractivity contribution in [1.82, 2.24) is 4.57 Å². The second-order valence-corrected chi connectivity index (χ2v) is 14.2. The maximum atomic E-state index is 14.4. The zero-order chi connectivity index (χ0) is 36.9. The summed E-state index contributed by atoms with van der Waals surface area (Å²) in [5.41, 5.74) is 3.34. The number of carboxylic acid groups (broad SMARTS) is 1. The number of nitrogens with zero attached hydrogens (tertiary/aromatic N) is 2. The van der Waals surface area contributed by atoms with Crippen molar-refractivity contribution in [1.29, 1.82) is 0 Å². The molecule has 4 aromatic carbocycles. The topological polar surface area (TPSA) is 126 Å². The lowest BCUT2D eigenvalue weighted by Gasteiger charge is -2.26. The molecule has 0 radical (unpaired) electrons. The first-order valence-corrected chi connectivity index (χ1v) is 18.3. The van der Waals surface area contributed by atoms with Crippen LogP contribution in [0.4, 0.5) is 0 Å². The third-order valence-electron chi connectivity index (χ3n) is 8.05. The molecule has 0 saturated carbocycles. The first kappa shape index (κ1) is 36.6. The minimum atomic E-state index is -1.02. The Morgan fingerprint density at radius 2 is 1.77 bits per heavy atom. The predicted molar refractivity (Wildman–Crippen MR) is 207 cm³/mol. The Hall–Kier alpha value is -5.21. The van der Waals surface area contributed by atoms with Crippen molar-refractivity contribution in [2.45, 2.75) is 39.5 Å². The van der Waals surface area contributed by atoms with E-state index in [2.05, 4.69) is 22.6 Å². The standard InChI is InChI=1S/C40H35IN2O8S/c1-5-49-39(47)33-34(26-11-7-6-8-12-26)42-40-43(35(33)27-14-16-29(17-15-27)51-23(2)3)37(44)32(52-40)21-25-19-30(41)36(31(20-25)48-4)50-22-24-10-9-13-28(18-24)38(45)46/h6-21,23,35H,5,22H2,1-4H3,(H,45,46)/b32-21+/t35-/m0/s1. The van der Waals surface area contributed by atoms with Gasteiger partial charge in [-0.3, -0.25) is 9.36 Å². The number of thiazole rings is 1. The van der Waals surface area contributed by atoms with Gasteiger partial charge in [0.1, 0.15) is 12.4 Å². The Bertz CT molecular complexity index is 2350. The van der Waals surface area contributed by atoms with Crippen LogP contribution in [-0.2, 0) is 16.1 Å². The molecule has 1 aliphatic rings. The van der Waals surface area contributed by atoms with Gasteiger partial charge in [-0.2, -0.15) is 0 Å². The molecule has 1 atom stereocenters. The highest BCUT2D eigenvalue weighted by atomic mass is 127. The van der Waals surface area contributed by atoms with E-state index in [9.17, 15) is 19.5 Å². The number of benzene rings is 4. The monoisotopic (exact) mass is 830 g/mol. The lowest BCUT2D eigenvalue weighted by atomic mass is 9.93. The van der Waals surface area contributed by atoms with Crippen molar-refractivity contribution in [3.05, 3.63) is 148 Å². The molecule has 6 rings (SSSR count). The number of aromatic nitrogens is 1. The summed E-state index contributed by atoms with van der Waals surface area (Å²) in [6, 6.07) is 26.1. The molecule has 1 aromatic heterocycles. The van der Waals surface area contributed by atoms with Crippen molar-refractivity contribution in [3.63, 3.8) is 0 Å². The Balaban J connectivity index is 1.46. The van der Waals surface area contributed by atoms with Gasteiger partial charge in [-0.15, -0.1) is 0 Å². The van der Waals surface area contributed by atoms with Crippen molar-refractivity contribution >= 4 is 57.6 Å². The van der Waals surface area contributed by atoms with Crippen molar-refractivity contribution < 1.29 is 33.6 Å². The summed E-state index contributed by atoms with van der Waals surface area (Å²) >= 11 is 3.37. The SMILES string of the molecule is CCOC(=O)C1=C(c2ccccc2)N=c2s/c(=C/c3cc(I)c(OCc4cccc(C(=O)O)c4)c(OC)c3)c(=O)n2[C@H]1c1ccc(OC(C)C)cc1. The van der Waals surface area contributed by atoms with E-state index in [4.69, 9.17) is 23.9 Å². The van der Waals surface area contributed by atoms with E-state index in [0.29, 0.717) is 49.0 Å². The minimum absolute atomic E-state index is 0.0265. The number of carbonyl (C=O) groups is 2. The lowest BCUT2D eigenvalue weighted by molar-refractivity contribution is -0.138. The molecular weight excluding hydrogens is 795 g/mol. The van der Waals surface area contributed by atoms with Crippen LogP contribution in [0, 0.1) is 3.57 Å². The van der Waals surface area contributed by atoms with Gasteiger partial charge in [0.15, 0.2) is 16.3 Å². The molecule has 12 heteroatoms. The second kappa shape index (κ2) is 16.0. The summed E-state index contributed by atoms with van der Waals surface area (Å²) in [4.78, 5) is 45.0. The van der Waals surface area contributed by atoms with E-state index in [-0.39, 0.29) is 36.0 Å². The summed E-state index contributed by atoms with van der Waals surface area (Å²) in [6.45, 7) is 5.91. The van der Waals surface area contributed by atoms with Gasteiger partial charge in [0.05, 0.1) is 50.8 Å². The van der Waals surface area contributed by atoms with Crippen molar-refractivity contribution in [3.8, 4) is 17.2 Å². The Morgan fingerprint density at radius 1 is 1.02 bits per heavy atom. The molecule has 5 aromatic rings. The average molecular weight is 831 g/mol. The molecule has 10 nitrogen and oxygen atoms in total. The highest BCUT2D eigenvalue weighted by molar-refractivity contribution is 14.1. The van der Waals surface area contributed by atoms with Crippen LogP contribution >= 0.6 is 33.9 Å². The van der Waals surface area contributed by atoms with Crippen molar-refractivity contribution in [2.24, 2.45) is 4.99 Å². The summed E-state index contributed by atoms with van der Waals surface area (Å²) in [6.07, 6.45) is 1.74. The molecule has 0 aliphatic carbocycles. The van der Waals surface area contributed by atoms with Crippen LogP contribution in [0.25, 0.3) is 11.8 Å². The quantitative estimate of drug-likeness (QED) is 0.110. The molecular formula is C40H35IN2O8S. The number of rotatable bonds is 12. The van der Waals surface area contributed by atoms with Crippen LogP contribution in [0.3, 0.4) is 0 Å². The molecule has 0 fully saturated rings. The minimum Gasteiger partial charge on any atom is -0.493 e. The first-order valence-electron chi connectivity index (χ1n) is 16.5. The van der Waals surface area contributed by atoms with Gasteiger partial charge < -0.3 is 24.1 Å². The van der Waals surface area contributed by atoms with Crippen LogP contribution in [0.15, 0.2) is 106 Å². The zero-order valence-electron chi connectivity index (χ0n) is 28.8. The molecule has 0 unspecified atom stereocenters.